The van der Waals surface area contributed by atoms with Crippen molar-refractivity contribution in [2.45, 2.75) is 25.4 Å². The molecule has 0 bridgehead atoms. The van der Waals surface area contributed by atoms with Gasteiger partial charge < -0.3 is 10.2 Å². The lowest BCUT2D eigenvalue weighted by atomic mass is 9.73. The Morgan fingerprint density at radius 1 is 1.54 bits per heavy atom. The summed E-state index contributed by atoms with van der Waals surface area (Å²) in [7, 11) is 2.10. The lowest BCUT2D eigenvalue weighted by Gasteiger charge is -2.46. The van der Waals surface area contributed by atoms with Crippen LogP contribution in [0, 0.1) is 5.41 Å². The van der Waals surface area contributed by atoms with Gasteiger partial charge >= 0.3 is 0 Å². The summed E-state index contributed by atoms with van der Waals surface area (Å²) in [4.78, 5) is 2.27. The zero-order valence-electron chi connectivity index (χ0n) is 8.35. The summed E-state index contributed by atoms with van der Waals surface area (Å²) in [5, 5.41) is 3.33. The van der Waals surface area contributed by atoms with Crippen molar-refractivity contribution in [2.24, 2.45) is 5.41 Å². The Morgan fingerprint density at radius 3 is 3.08 bits per heavy atom. The maximum Gasteiger partial charge on any atom is 0.109 e. The SMILES string of the molecule is CN1CCCC2(CNCCC2F)C1. The minimum absolute atomic E-state index is 0.0642. The van der Waals surface area contributed by atoms with Crippen LogP contribution in [-0.4, -0.2) is 44.3 Å². The molecular weight excluding hydrogens is 167 g/mol. The van der Waals surface area contributed by atoms with E-state index in [1.807, 2.05) is 0 Å². The van der Waals surface area contributed by atoms with E-state index in [0.29, 0.717) is 6.42 Å². The van der Waals surface area contributed by atoms with Crippen molar-refractivity contribution < 1.29 is 4.39 Å². The van der Waals surface area contributed by atoms with Gasteiger partial charge in [-0.05, 0) is 39.4 Å². The molecule has 1 N–H and O–H groups in total. The molecule has 2 aliphatic heterocycles. The Kier molecular flexibility index (Phi) is 2.56. The van der Waals surface area contributed by atoms with Crippen molar-refractivity contribution in [3.8, 4) is 0 Å². The Labute approximate surface area is 79.5 Å². The van der Waals surface area contributed by atoms with Gasteiger partial charge in [-0.25, -0.2) is 4.39 Å². The molecule has 76 valence electrons. The molecule has 0 radical (unpaired) electrons. The van der Waals surface area contributed by atoms with Crippen molar-refractivity contribution in [1.29, 1.82) is 0 Å². The summed E-state index contributed by atoms with van der Waals surface area (Å²) in [5.74, 6) is 0. The van der Waals surface area contributed by atoms with E-state index < -0.39 is 6.17 Å². The molecule has 2 saturated heterocycles. The minimum atomic E-state index is -0.587. The van der Waals surface area contributed by atoms with E-state index in [1.54, 1.807) is 0 Å². The first-order valence-corrected chi connectivity index (χ1v) is 5.26. The Bertz CT molecular complexity index is 182. The Balaban J connectivity index is 2.07. The average molecular weight is 186 g/mol. The minimum Gasteiger partial charge on any atom is -0.316 e. The zero-order chi connectivity index (χ0) is 9.31. The van der Waals surface area contributed by atoms with E-state index in [1.165, 1.54) is 0 Å². The molecule has 0 amide bonds. The molecule has 0 aromatic rings. The number of hydrogen-bond donors (Lipinski definition) is 1. The first-order chi connectivity index (χ1) is 6.23. The molecular formula is C10H19FN2. The predicted molar refractivity (Wildman–Crippen MR) is 51.5 cm³/mol. The molecule has 0 aromatic heterocycles. The molecule has 13 heavy (non-hydrogen) atoms. The first kappa shape index (κ1) is 9.41. The molecule has 0 aliphatic carbocycles. The molecule has 0 aromatic carbocycles. The maximum absolute atomic E-state index is 13.8. The highest BCUT2D eigenvalue weighted by atomic mass is 19.1. The number of rotatable bonds is 0. The highest BCUT2D eigenvalue weighted by Gasteiger charge is 2.43. The number of alkyl halides is 1. The van der Waals surface area contributed by atoms with Crippen molar-refractivity contribution >= 4 is 0 Å². The van der Waals surface area contributed by atoms with Crippen LogP contribution in [-0.2, 0) is 0 Å². The second-order valence-corrected chi connectivity index (χ2v) is 4.64. The molecule has 0 saturated carbocycles. The summed E-state index contributed by atoms with van der Waals surface area (Å²) < 4.78 is 13.8. The van der Waals surface area contributed by atoms with Crippen LogP contribution in [0.2, 0.25) is 0 Å². The molecule has 2 aliphatic rings. The quantitative estimate of drug-likeness (QED) is 0.608. The van der Waals surface area contributed by atoms with Gasteiger partial charge in [0.15, 0.2) is 0 Å². The first-order valence-electron chi connectivity index (χ1n) is 5.26. The predicted octanol–water partition coefficient (Wildman–Crippen LogP) is 1.03. The number of hydrogen-bond acceptors (Lipinski definition) is 2. The highest BCUT2D eigenvalue weighted by molar-refractivity contribution is 4.96. The topological polar surface area (TPSA) is 15.3 Å². The molecule has 2 heterocycles. The van der Waals surface area contributed by atoms with Gasteiger partial charge in [-0.2, -0.15) is 0 Å². The van der Waals surface area contributed by atoms with Crippen LogP contribution < -0.4 is 5.32 Å². The van der Waals surface area contributed by atoms with E-state index in [9.17, 15) is 4.39 Å². The van der Waals surface area contributed by atoms with E-state index in [2.05, 4.69) is 17.3 Å². The highest BCUT2D eigenvalue weighted by Crippen LogP contribution is 2.37. The lowest BCUT2D eigenvalue weighted by molar-refractivity contribution is 0.00367. The maximum atomic E-state index is 13.8. The van der Waals surface area contributed by atoms with Crippen LogP contribution in [0.3, 0.4) is 0 Å². The van der Waals surface area contributed by atoms with Crippen LogP contribution in [0.1, 0.15) is 19.3 Å². The van der Waals surface area contributed by atoms with Gasteiger partial charge in [0.25, 0.3) is 0 Å². The fourth-order valence-electron chi connectivity index (χ4n) is 2.78. The van der Waals surface area contributed by atoms with Gasteiger partial charge in [-0.3, -0.25) is 0 Å². The third kappa shape index (κ3) is 1.72. The molecule has 2 atom stereocenters. The molecule has 2 nitrogen and oxygen atoms in total. The number of likely N-dealkylation sites (tertiary alicyclic amines) is 1. The molecule has 2 unspecified atom stereocenters. The van der Waals surface area contributed by atoms with Crippen molar-refractivity contribution in [2.75, 3.05) is 33.2 Å². The fraction of sp³-hybridized carbons (Fsp3) is 1.00. The van der Waals surface area contributed by atoms with Gasteiger partial charge in [0.05, 0.1) is 0 Å². The monoisotopic (exact) mass is 186 g/mol. The van der Waals surface area contributed by atoms with Crippen LogP contribution in [0.4, 0.5) is 4.39 Å². The van der Waals surface area contributed by atoms with Gasteiger partial charge in [0.2, 0.25) is 0 Å². The van der Waals surface area contributed by atoms with E-state index in [4.69, 9.17) is 0 Å². The van der Waals surface area contributed by atoms with Crippen LogP contribution in [0.5, 0.6) is 0 Å². The lowest BCUT2D eigenvalue weighted by Crippen LogP contribution is -2.55. The van der Waals surface area contributed by atoms with Crippen LogP contribution in [0.15, 0.2) is 0 Å². The molecule has 2 rings (SSSR count). The third-order valence-electron chi connectivity index (χ3n) is 3.52. The van der Waals surface area contributed by atoms with Crippen molar-refractivity contribution in [3.63, 3.8) is 0 Å². The summed E-state index contributed by atoms with van der Waals surface area (Å²) in [6.45, 7) is 3.79. The Hall–Kier alpha value is -0.150. The summed E-state index contributed by atoms with van der Waals surface area (Å²) in [6.07, 6.45) is 2.33. The second-order valence-electron chi connectivity index (χ2n) is 4.64. The summed E-state index contributed by atoms with van der Waals surface area (Å²) in [5.41, 5.74) is -0.0642. The standard InChI is InChI=1S/C10H19FN2/c1-13-6-2-4-10(8-13)7-12-5-3-9(10)11/h9,12H,2-8H2,1H3. The van der Waals surface area contributed by atoms with E-state index in [-0.39, 0.29) is 5.41 Å². The zero-order valence-corrected chi connectivity index (χ0v) is 8.35. The van der Waals surface area contributed by atoms with Gasteiger partial charge in [0, 0.05) is 18.5 Å². The summed E-state index contributed by atoms with van der Waals surface area (Å²) >= 11 is 0. The number of piperidine rings is 2. The summed E-state index contributed by atoms with van der Waals surface area (Å²) in [6, 6.07) is 0. The number of nitrogens with zero attached hydrogens (tertiary/aromatic N) is 1. The van der Waals surface area contributed by atoms with Crippen LogP contribution >= 0.6 is 0 Å². The third-order valence-corrected chi connectivity index (χ3v) is 3.52. The fourth-order valence-corrected chi connectivity index (χ4v) is 2.78. The van der Waals surface area contributed by atoms with E-state index in [0.717, 1.165) is 39.0 Å². The number of nitrogens with one attached hydrogen (secondary N) is 1. The molecule has 1 spiro atoms. The molecule has 3 heteroatoms. The van der Waals surface area contributed by atoms with Gasteiger partial charge in [-0.1, -0.05) is 0 Å². The largest absolute Gasteiger partial charge is 0.316 e. The normalized spacial score (nSPS) is 42.5. The van der Waals surface area contributed by atoms with Gasteiger partial charge in [-0.15, -0.1) is 0 Å². The van der Waals surface area contributed by atoms with Crippen LogP contribution in [0.25, 0.3) is 0 Å². The Morgan fingerprint density at radius 2 is 2.38 bits per heavy atom. The van der Waals surface area contributed by atoms with Crippen molar-refractivity contribution in [3.05, 3.63) is 0 Å². The van der Waals surface area contributed by atoms with Gasteiger partial charge in [0.1, 0.15) is 6.17 Å². The van der Waals surface area contributed by atoms with Crippen molar-refractivity contribution in [1.82, 2.24) is 10.2 Å². The number of halogens is 1. The smallest absolute Gasteiger partial charge is 0.109 e. The second kappa shape index (κ2) is 3.54. The van der Waals surface area contributed by atoms with E-state index >= 15 is 0 Å². The molecule has 2 fully saturated rings. The average Bonchev–Trinajstić information content (AvgIpc) is 2.11.